The minimum atomic E-state index is -0.968. The van der Waals surface area contributed by atoms with Gasteiger partial charge in [0.1, 0.15) is 10.8 Å². The Morgan fingerprint density at radius 3 is 0.264 bits per heavy atom. The Hall–Kier alpha value is -9.96. The molecule has 0 N–H and O–H groups in total. The van der Waals surface area contributed by atoms with Crippen molar-refractivity contribution in [2.45, 2.75) is 325 Å². The maximum atomic E-state index is 3.95. The van der Waals surface area contributed by atoms with Crippen LogP contribution in [-0.4, -0.2) is 0 Å². The van der Waals surface area contributed by atoms with Gasteiger partial charge in [-0.3, -0.25) is 0 Å². The molecule has 0 aliphatic carbocycles. The van der Waals surface area contributed by atoms with E-state index < -0.39 is 10.8 Å². The molecular weight excluding hydrogens is 1320 g/mol. The molecule has 0 unspecified atom stereocenters. The molecule has 0 spiro atoms. The smallest absolute Gasteiger partial charge is 0.0677 e. The van der Waals surface area contributed by atoms with E-state index in [9.17, 15) is 0 Å². The van der Waals surface area contributed by atoms with E-state index in [1.165, 1.54) is 66.8 Å². The van der Waals surface area contributed by atoms with Gasteiger partial charge in [0.2, 0.25) is 0 Å². The van der Waals surface area contributed by atoms with Crippen LogP contribution >= 0.6 is 0 Å². The fourth-order valence-corrected chi connectivity index (χ4v) is 12.6. The lowest BCUT2D eigenvalue weighted by molar-refractivity contribution is 0.556. The second kappa shape index (κ2) is 32.9. The third-order valence-corrected chi connectivity index (χ3v) is 20.4. The average Bonchev–Trinajstić information content (AvgIpc) is 0.729. The van der Waals surface area contributed by atoms with Gasteiger partial charge in [-0.15, -0.1) is 0 Å². The van der Waals surface area contributed by atoms with Gasteiger partial charge < -0.3 is 0 Å². The summed E-state index contributed by atoms with van der Waals surface area (Å²) in [6, 6.07) is 43.3. The lowest BCUT2D eigenvalue weighted by atomic mass is 9.64. The van der Waals surface area contributed by atoms with Crippen molar-refractivity contribution in [3.8, 4) is 142 Å². The highest BCUT2D eigenvalue weighted by molar-refractivity contribution is 5.67. The first-order valence-electron chi connectivity index (χ1n) is 39.1. The maximum Gasteiger partial charge on any atom is 0.107 e. The Kier molecular flexibility index (Phi) is 26.6. The van der Waals surface area contributed by atoms with Crippen molar-refractivity contribution in [1.82, 2.24) is 0 Å². The van der Waals surface area contributed by atoms with Crippen LogP contribution in [0.4, 0.5) is 0 Å². The molecule has 0 saturated heterocycles. The summed E-state index contributed by atoms with van der Waals surface area (Å²) in [5.41, 5.74) is 18.0. The standard InChI is InChI=1S/C110H126/c1-97(2,3)79-61-80(98(4,5)6)68-91(67-79)109(92-69-81(99(7,8)9)62-82(70-92)100(10,11)12,93-71-83(101(13,14)15)63-84(72-93)102(16,17)18)59-57-55-53-51-49-47-45-43-41-39-37-38-40-42-44-46-48-50-52-54-56-58-60-110(94-73-85(103(19,20)21)64-86(74-94)104(22,23)24,95-75-87(105(25,26)27)65-88(76-95)106(28,29)30)96-77-89(107(31,32)33)66-90(78-96)108(34,35)36/h61-78H,1-36H3. The summed E-state index contributed by atoms with van der Waals surface area (Å²) in [6.07, 6.45) is 0. The van der Waals surface area contributed by atoms with E-state index in [0.717, 1.165) is 33.4 Å². The summed E-state index contributed by atoms with van der Waals surface area (Å²) in [5.74, 6) is 71.5. The second-order valence-electron chi connectivity index (χ2n) is 42.3. The van der Waals surface area contributed by atoms with Gasteiger partial charge in [0.15, 0.2) is 0 Å². The maximum absolute atomic E-state index is 3.95. The van der Waals surface area contributed by atoms with E-state index in [2.05, 4.69) is 501 Å². The Morgan fingerprint density at radius 1 is 0.109 bits per heavy atom. The fourth-order valence-electron chi connectivity index (χ4n) is 12.6. The zero-order chi connectivity index (χ0) is 83.1. The number of hydrogen-bond donors (Lipinski definition) is 0. The normalized spacial score (nSPS) is 12.2. The molecule has 0 saturated carbocycles. The van der Waals surface area contributed by atoms with Crippen molar-refractivity contribution in [3.05, 3.63) is 209 Å². The molecule has 0 radical (unpaired) electrons. The van der Waals surface area contributed by atoms with E-state index in [-0.39, 0.29) is 65.0 Å². The summed E-state index contributed by atoms with van der Waals surface area (Å²) < 4.78 is 0. The van der Waals surface area contributed by atoms with Crippen LogP contribution in [0, 0.1) is 142 Å². The predicted molar refractivity (Wildman–Crippen MR) is 476 cm³/mol. The Balaban J connectivity index is 1.39. The van der Waals surface area contributed by atoms with Gasteiger partial charge in [0, 0.05) is 35.5 Å². The van der Waals surface area contributed by atoms with Crippen LogP contribution in [0.2, 0.25) is 0 Å². The quantitative estimate of drug-likeness (QED) is 0.115. The van der Waals surface area contributed by atoms with E-state index in [1.54, 1.807) is 0 Å². The Morgan fingerprint density at radius 2 is 0.182 bits per heavy atom. The van der Waals surface area contributed by atoms with Crippen molar-refractivity contribution >= 4 is 0 Å². The Labute approximate surface area is 672 Å². The lowest BCUT2D eigenvalue weighted by Gasteiger charge is -2.38. The zero-order valence-electron chi connectivity index (χ0n) is 74.4. The SMILES string of the molecule is CC(C)(C)c1cc(C(C)(C)C)cc(C(C#CC#CC#CC#CC#CC#CC#CC#CC#CC#CC#CC#CC(c2cc(C(C)(C)C)cc(C(C)(C)C)c2)(c2cc(C(C)(C)C)cc(C(C)(C)C)c2)c2cc(C(C)(C)C)cc(C(C)(C)C)c2)(c2cc(C(C)(C)C)cc(C(C)(C)C)c2)c2cc(C(C)(C)C)cc(C(C)(C)C)c2)c1. The molecule has 0 aromatic heterocycles. The molecule has 6 aromatic carbocycles. The summed E-state index contributed by atoms with van der Waals surface area (Å²) >= 11 is 0. The number of benzene rings is 6. The van der Waals surface area contributed by atoms with Crippen molar-refractivity contribution in [2.24, 2.45) is 0 Å². The van der Waals surface area contributed by atoms with Crippen molar-refractivity contribution in [1.29, 1.82) is 0 Å². The van der Waals surface area contributed by atoms with Crippen molar-refractivity contribution < 1.29 is 0 Å². The van der Waals surface area contributed by atoms with Crippen LogP contribution in [0.1, 0.15) is 349 Å². The van der Waals surface area contributed by atoms with Gasteiger partial charge in [-0.1, -0.05) is 370 Å². The van der Waals surface area contributed by atoms with Crippen LogP contribution in [0.5, 0.6) is 0 Å². The van der Waals surface area contributed by atoms with Gasteiger partial charge in [-0.2, -0.15) is 0 Å². The van der Waals surface area contributed by atoms with E-state index in [0.29, 0.717) is 0 Å². The zero-order valence-corrected chi connectivity index (χ0v) is 74.4. The first kappa shape index (κ1) is 88.9. The third kappa shape index (κ3) is 23.3. The van der Waals surface area contributed by atoms with Crippen molar-refractivity contribution in [2.75, 3.05) is 0 Å². The monoisotopic (exact) mass is 1450 g/mol. The largest absolute Gasteiger partial charge is 0.107 e. The first-order chi connectivity index (χ1) is 50.1. The predicted octanol–water partition coefficient (Wildman–Crippen LogP) is 24.7. The first-order valence-corrected chi connectivity index (χ1v) is 39.1. The van der Waals surface area contributed by atoms with Crippen LogP contribution < -0.4 is 0 Å². The van der Waals surface area contributed by atoms with Crippen LogP contribution in [-0.2, 0) is 75.8 Å². The topological polar surface area (TPSA) is 0 Å². The molecule has 0 fully saturated rings. The molecule has 566 valence electrons. The molecule has 0 heterocycles. The molecule has 0 heteroatoms. The third-order valence-electron chi connectivity index (χ3n) is 20.4. The van der Waals surface area contributed by atoms with E-state index in [4.69, 9.17) is 0 Å². The summed E-state index contributed by atoms with van der Waals surface area (Å²) in [5, 5.41) is 0. The van der Waals surface area contributed by atoms with Gasteiger partial charge in [-0.05, 0) is 260 Å². The van der Waals surface area contributed by atoms with Gasteiger partial charge >= 0.3 is 0 Å². The number of hydrogen-bond acceptors (Lipinski definition) is 0. The van der Waals surface area contributed by atoms with E-state index in [1.807, 2.05) is 0 Å². The molecule has 0 amide bonds. The Bertz CT molecular complexity index is 4430. The van der Waals surface area contributed by atoms with Crippen LogP contribution in [0.15, 0.2) is 109 Å². The summed E-state index contributed by atoms with van der Waals surface area (Å²) in [4.78, 5) is 0. The fraction of sp³-hybridized carbons (Fsp3) is 0.455. The highest BCUT2D eigenvalue weighted by Crippen LogP contribution is 2.50. The lowest BCUT2D eigenvalue weighted by Crippen LogP contribution is -2.32. The number of rotatable bonds is 6. The summed E-state index contributed by atoms with van der Waals surface area (Å²) in [6.45, 7) is 82.8. The highest BCUT2D eigenvalue weighted by atomic mass is 14.4. The van der Waals surface area contributed by atoms with Crippen molar-refractivity contribution in [3.63, 3.8) is 0 Å². The second-order valence-corrected chi connectivity index (χ2v) is 42.3. The van der Waals surface area contributed by atoms with Gasteiger partial charge in [0.05, 0.1) is 0 Å². The summed E-state index contributed by atoms with van der Waals surface area (Å²) in [7, 11) is 0. The average molecular weight is 1450 g/mol. The van der Waals surface area contributed by atoms with Gasteiger partial charge in [-0.25, -0.2) is 0 Å². The minimum Gasteiger partial charge on any atom is -0.0677 e. The van der Waals surface area contributed by atoms with Crippen LogP contribution in [0.25, 0.3) is 0 Å². The van der Waals surface area contributed by atoms with Crippen LogP contribution in [0.3, 0.4) is 0 Å². The molecule has 6 rings (SSSR count). The van der Waals surface area contributed by atoms with E-state index >= 15 is 0 Å². The molecule has 0 aliphatic heterocycles. The molecular formula is C110H126. The van der Waals surface area contributed by atoms with Gasteiger partial charge in [0.25, 0.3) is 0 Å². The molecule has 0 aliphatic rings. The molecule has 110 heavy (non-hydrogen) atoms. The highest BCUT2D eigenvalue weighted by Gasteiger charge is 2.43. The minimum absolute atomic E-state index is 0.152. The molecule has 0 bridgehead atoms. The molecule has 6 aromatic rings. The molecule has 0 atom stereocenters. The molecule has 0 nitrogen and oxygen atoms in total.